The summed E-state index contributed by atoms with van der Waals surface area (Å²) in [6.45, 7) is 0.475. The largest absolute Gasteiger partial charge is 0.497 e. The molecule has 0 saturated heterocycles. The summed E-state index contributed by atoms with van der Waals surface area (Å²) in [5, 5.41) is 2.89. The molecule has 0 fully saturated rings. The Morgan fingerprint density at radius 1 is 1.19 bits per heavy atom. The Hall–Kier alpha value is -2.67. The van der Waals surface area contributed by atoms with E-state index in [4.69, 9.17) is 10.5 Å². The fourth-order valence-electron chi connectivity index (χ4n) is 2.41. The van der Waals surface area contributed by atoms with Crippen LogP contribution in [0, 0.1) is 0 Å². The molecule has 7 heteroatoms. The van der Waals surface area contributed by atoms with E-state index in [0.29, 0.717) is 6.54 Å². The summed E-state index contributed by atoms with van der Waals surface area (Å²) in [6, 6.07) is 15.0. The molecule has 0 aliphatic carbocycles. The van der Waals surface area contributed by atoms with Gasteiger partial charge in [0, 0.05) is 29.2 Å². The highest BCUT2D eigenvalue weighted by molar-refractivity contribution is 7.98. The van der Waals surface area contributed by atoms with Crippen molar-refractivity contribution in [2.24, 2.45) is 5.73 Å². The van der Waals surface area contributed by atoms with Gasteiger partial charge in [0.25, 0.3) is 0 Å². The molecular formula is C19H23N3O3S. The number of nitrogens with zero attached hydrogens (tertiary/aromatic N) is 1. The molecule has 0 saturated carbocycles. The molecule has 0 bridgehead atoms. The maximum atomic E-state index is 12.5. The molecule has 138 valence electrons. The smallest absolute Gasteiger partial charge is 0.243 e. The molecule has 0 radical (unpaired) electrons. The van der Waals surface area contributed by atoms with Gasteiger partial charge in [0.05, 0.1) is 13.7 Å². The van der Waals surface area contributed by atoms with Crippen molar-refractivity contribution in [3.8, 4) is 5.75 Å². The van der Waals surface area contributed by atoms with Crippen LogP contribution in [-0.4, -0.2) is 38.3 Å². The van der Waals surface area contributed by atoms with E-state index in [9.17, 15) is 9.59 Å². The lowest BCUT2D eigenvalue weighted by atomic mass is 10.2. The maximum Gasteiger partial charge on any atom is 0.243 e. The summed E-state index contributed by atoms with van der Waals surface area (Å²) < 4.78 is 5.16. The van der Waals surface area contributed by atoms with Crippen molar-refractivity contribution in [3.05, 3.63) is 48.5 Å². The number of hydrogen-bond donors (Lipinski definition) is 2. The predicted molar refractivity (Wildman–Crippen MR) is 106 cm³/mol. The number of nitrogens with one attached hydrogen (secondary N) is 1. The van der Waals surface area contributed by atoms with Gasteiger partial charge < -0.3 is 20.7 Å². The number of hydrogen-bond acceptors (Lipinski definition) is 5. The van der Waals surface area contributed by atoms with Crippen molar-refractivity contribution < 1.29 is 14.3 Å². The van der Waals surface area contributed by atoms with Gasteiger partial charge in [0.2, 0.25) is 11.8 Å². The Morgan fingerprint density at radius 2 is 1.92 bits per heavy atom. The Kier molecular flexibility index (Phi) is 7.35. The first-order chi connectivity index (χ1) is 12.5. The summed E-state index contributed by atoms with van der Waals surface area (Å²) in [7, 11) is 1.59. The van der Waals surface area contributed by atoms with Gasteiger partial charge in [0.1, 0.15) is 5.75 Å². The Morgan fingerprint density at radius 3 is 2.54 bits per heavy atom. The third kappa shape index (κ3) is 6.00. The van der Waals surface area contributed by atoms with Gasteiger partial charge in [-0.3, -0.25) is 9.59 Å². The number of amides is 2. The summed E-state index contributed by atoms with van der Waals surface area (Å²) in [5.74, 6) is 0.155. The van der Waals surface area contributed by atoms with Crippen LogP contribution in [0.25, 0.3) is 0 Å². The first kappa shape index (κ1) is 19.7. The standard InChI is InChI=1S/C19H23N3O3S/c1-25-16-8-6-15(7-9-16)22(11-10-18(20)23)13-19(24)21-14-4-3-5-17(12-14)26-2/h3-9,12H,10-11,13H2,1-2H3,(H2,20,23)(H,21,24). The fraction of sp³-hybridized carbons (Fsp3) is 0.263. The van der Waals surface area contributed by atoms with Crippen molar-refractivity contribution in [2.75, 3.05) is 36.7 Å². The van der Waals surface area contributed by atoms with Crippen molar-refractivity contribution in [1.82, 2.24) is 0 Å². The molecule has 2 aromatic rings. The summed E-state index contributed by atoms with van der Waals surface area (Å²) in [5.41, 5.74) is 6.82. The Balaban J connectivity index is 2.08. The van der Waals surface area contributed by atoms with Gasteiger partial charge in [0.15, 0.2) is 0 Å². The van der Waals surface area contributed by atoms with E-state index in [1.165, 1.54) is 0 Å². The fourth-order valence-corrected chi connectivity index (χ4v) is 2.87. The molecule has 2 aromatic carbocycles. The number of rotatable bonds is 9. The summed E-state index contributed by atoms with van der Waals surface area (Å²) in [6.07, 6.45) is 2.15. The highest BCUT2D eigenvalue weighted by atomic mass is 32.2. The van der Waals surface area contributed by atoms with E-state index >= 15 is 0 Å². The first-order valence-corrected chi connectivity index (χ1v) is 9.35. The predicted octanol–water partition coefficient (Wildman–Crippen LogP) is 2.74. The third-order valence-corrected chi connectivity index (χ3v) is 4.48. The van der Waals surface area contributed by atoms with Crippen molar-refractivity contribution in [2.45, 2.75) is 11.3 Å². The zero-order valence-electron chi connectivity index (χ0n) is 14.9. The number of benzene rings is 2. The molecule has 0 heterocycles. The van der Waals surface area contributed by atoms with E-state index in [0.717, 1.165) is 22.0 Å². The van der Waals surface area contributed by atoms with Crippen LogP contribution < -0.4 is 20.7 Å². The SMILES string of the molecule is COc1ccc(N(CCC(N)=O)CC(=O)Nc2cccc(SC)c2)cc1. The van der Waals surface area contributed by atoms with Crippen LogP contribution in [0.15, 0.2) is 53.4 Å². The molecule has 6 nitrogen and oxygen atoms in total. The zero-order chi connectivity index (χ0) is 18.9. The molecule has 0 atom stereocenters. The average molecular weight is 373 g/mol. The van der Waals surface area contributed by atoms with Crippen molar-refractivity contribution >= 4 is 35.0 Å². The van der Waals surface area contributed by atoms with E-state index in [1.807, 2.05) is 59.7 Å². The number of thioether (sulfide) groups is 1. The molecular weight excluding hydrogens is 350 g/mol. The normalized spacial score (nSPS) is 10.2. The van der Waals surface area contributed by atoms with Gasteiger partial charge in [-0.2, -0.15) is 0 Å². The van der Waals surface area contributed by atoms with Crippen LogP contribution in [0.4, 0.5) is 11.4 Å². The van der Waals surface area contributed by atoms with Gasteiger partial charge in [-0.1, -0.05) is 6.07 Å². The number of primary amides is 1. The second-order valence-corrected chi connectivity index (χ2v) is 6.50. The monoisotopic (exact) mass is 373 g/mol. The number of methoxy groups -OCH3 is 1. The Labute approximate surface area is 157 Å². The second kappa shape index (κ2) is 9.72. The minimum atomic E-state index is -0.406. The van der Waals surface area contributed by atoms with Crippen LogP contribution in [-0.2, 0) is 9.59 Å². The van der Waals surface area contributed by atoms with Crippen LogP contribution in [0.1, 0.15) is 6.42 Å². The van der Waals surface area contributed by atoms with Crippen molar-refractivity contribution in [3.63, 3.8) is 0 Å². The van der Waals surface area contributed by atoms with E-state index in [2.05, 4.69) is 5.32 Å². The van der Waals surface area contributed by atoms with Gasteiger partial charge >= 0.3 is 0 Å². The van der Waals surface area contributed by atoms with Crippen LogP contribution >= 0.6 is 11.8 Å². The van der Waals surface area contributed by atoms with Crippen LogP contribution in [0.5, 0.6) is 5.75 Å². The minimum absolute atomic E-state index is 0.114. The molecule has 0 aromatic heterocycles. The van der Waals surface area contributed by atoms with Crippen molar-refractivity contribution in [1.29, 1.82) is 0 Å². The van der Waals surface area contributed by atoms with E-state index < -0.39 is 5.91 Å². The summed E-state index contributed by atoms with van der Waals surface area (Å²) in [4.78, 5) is 26.5. The quantitative estimate of drug-likeness (QED) is 0.660. The second-order valence-electron chi connectivity index (χ2n) is 5.62. The van der Waals surface area contributed by atoms with E-state index in [1.54, 1.807) is 18.9 Å². The van der Waals surface area contributed by atoms with Gasteiger partial charge in [-0.15, -0.1) is 11.8 Å². The third-order valence-electron chi connectivity index (χ3n) is 3.75. The zero-order valence-corrected chi connectivity index (χ0v) is 15.7. The number of carbonyl (C=O) groups is 2. The Bertz CT molecular complexity index is 750. The number of nitrogens with two attached hydrogens (primary N) is 1. The average Bonchev–Trinajstić information content (AvgIpc) is 2.65. The highest BCUT2D eigenvalue weighted by Gasteiger charge is 2.13. The van der Waals surface area contributed by atoms with Crippen LogP contribution in [0.2, 0.25) is 0 Å². The minimum Gasteiger partial charge on any atom is -0.497 e. The van der Waals surface area contributed by atoms with Gasteiger partial charge in [-0.05, 0) is 48.7 Å². The molecule has 0 unspecified atom stereocenters. The molecule has 0 spiro atoms. The lowest BCUT2D eigenvalue weighted by Gasteiger charge is -2.24. The summed E-state index contributed by atoms with van der Waals surface area (Å²) >= 11 is 1.61. The maximum absolute atomic E-state index is 12.5. The molecule has 0 aliphatic rings. The lowest BCUT2D eigenvalue weighted by molar-refractivity contribution is -0.118. The first-order valence-electron chi connectivity index (χ1n) is 8.13. The number of carbonyl (C=O) groups excluding carboxylic acids is 2. The van der Waals surface area contributed by atoms with E-state index in [-0.39, 0.29) is 18.9 Å². The molecule has 26 heavy (non-hydrogen) atoms. The lowest BCUT2D eigenvalue weighted by Crippen LogP contribution is -2.35. The number of ether oxygens (including phenoxy) is 1. The topological polar surface area (TPSA) is 84.7 Å². The molecule has 0 aliphatic heterocycles. The highest BCUT2D eigenvalue weighted by Crippen LogP contribution is 2.21. The molecule has 2 amide bonds. The molecule has 3 N–H and O–H groups in total. The van der Waals surface area contributed by atoms with Crippen LogP contribution in [0.3, 0.4) is 0 Å². The number of anilines is 2. The van der Waals surface area contributed by atoms with Gasteiger partial charge in [-0.25, -0.2) is 0 Å². The molecule has 2 rings (SSSR count).